The van der Waals surface area contributed by atoms with Crippen molar-refractivity contribution in [2.75, 3.05) is 0 Å². The summed E-state index contributed by atoms with van der Waals surface area (Å²) in [4.78, 5) is 23.3. The van der Waals surface area contributed by atoms with Crippen LogP contribution in [0.25, 0.3) is 0 Å². The molecule has 0 amide bonds. The number of pyridine rings is 1. The molecule has 0 N–H and O–H groups in total. The van der Waals surface area contributed by atoms with Crippen molar-refractivity contribution in [3.8, 4) is 5.75 Å². The summed E-state index contributed by atoms with van der Waals surface area (Å²) in [6, 6.07) is 0.735. The van der Waals surface area contributed by atoms with Gasteiger partial charge in [0.05, 0.1) is 4.92 Å². The number of hydrogen-bond acceptors (Lipinski definition) is 5. The van der Waals surface area contributed by atoms with E-state index in [9.17, 15) is 28.1 Å². The van der Waals surface area contributed by atoms with Gasteiger partial charge in [0, 0.05) is 11.8 Å². The van der Waals surface area contributed by atoms with Crippen molar-refractivity contribution in [2.24, 2.45) is 0 Å². The minimum Gasteiger partial charge on any atom is -0.398 e. The predicted molar refractivity (Wildman–Crippen MR) is 47.7 cm³/mol. The van der Waals surface area contributed by atoms with Crippen LogP contribution in [0.15, 0.2) is 6.07 Å². The summed E-state index contributed by atoms with van der Waals surface area (Å²) in [5, 5.41) is 10.6. The molecule has 0 aliphatic heterocycles. The number of carbonyl (C=O) groups excluding carboxylic acids is 1. The highest BCUT2D eigenvalue weighted by Crippen LogP contribution is 2.33. The lowest BCUT2D eigenvalue weighted by atomic mass is 10.2. The Hall–Kier alpha value is -2.19. The van der Waals surface area contributed by atoms with E-state index in [-0.39, 0.29) is 12.0 Å². The monoisotopic (exact) mass is 250 g/mol. The van der Waals surface area contributed by atoms with E-state index in [1.54, 1.807) is 0 Å². The smallest absolute Gasteiger partial charge is 0.398 e. The van der Waals surface area contributed by atoms with Gasteiger partial charge in [0.25, 0.3) is 0 Å². The van der Waals surface area contributed by atoms with E-state index in [1.165, 1.54) is 6.92 Å². The molecule has 1 aromatic heterocycles. The topological polar surface area (TPSA) is 82.3 Å². The number of aromatic nitrogens is 1. The summed E-state index contributed by atoms with van der Waals surface area (Å²) in [5.41, 5.74) is -1.82. The molecule has 1 aromatic rings. The minimum atomic E-state index is -5.08. The van der Waals surface area contributed by atoms with E-state index in [4.69, 9.17) is 0 Å². The van der Waals surface area contributed by atoms with Gasteiger partial charge in [-0.15, -0.1) is 13.2 Å². The number of ether oxygens (including phenoxy) is 1. The quantitative estimate of drug-likeness (QED) is 0.465. The van der Waals surface area contributed by atoms with Gasteiger partial charge in [-0.25, -0.2) is 4.98 Å². The molecule has 1 heterocycles. The second kappa shape index (κ2) is 4.36. The van der Waals surface area contributed by atoms with Crippen LogP contribution < -0.4 is 4.74 Å². The SMILES string of the molecule is Cc1cc(OC(F)(F)F)c([N+](=O)[O-])c(C=O)n1. The van der Waals surface area contributed by atoms with Crippen LogP contribution in [0.3, 0.4) is 0 Å². The Morgan fingerprint density at radius 1 is 1.53 bits per heavy atom. The molecule has 0 atom stereocenters. The number of nitro groups is 1. The Morgan fingerprint density at radius 3 is 2.53 bits per heavy atom. The lowest BCUT2D eigenvalue weighted by Crippen LogP contribution is -2.18. The molecule has 0 aliphatic carbocycles. The molecule has 9 heteroatoms. The second-order valence-corrected chi connectivity index (χ2v) is 2.92. The summed E-state index contributed by atoms with van der Waals surface area (Å²) in [7, 11) is 0. The first-order valence-electron chi connectivity index (χ1n) is 4.11. The molecule has 17 heavy (non-hydrogen) atoms. The third-order valence-electron chi connectivity index (χ3n) is 1.63. The van der Waals surface area contributed by atoms with Crippen molar-refractivity contribution in [1.29, 1.82) is 0 Å². The fourth-order valence-corrected chi connectivity index (χ4v) is 1.13. The molecule has 0 unspecified atom stereocenters. The maximum absolute atomic E-state index is 12.0. The molecule has 0 spiro atoms. The zero-order chi connectivity index (χ0) is 13.2. The van der Waals surface area contributed by atoms with E-state index >= 15 is 0 Å². The molecule has 6 nitrogen and oxygen atoms in total. The normalized spacial score (nSPS) is 11.1. The summed E-state index contributed by atoms with van der Waals surface area (Å²) >= 11 is 0. The highest BCUT2D eigenvalue weighted by molar-refractivity contribution is 5.80. The van der Waals surface area contributed by atoms with Crippen LogP contribution >= 0.6 is 0 Å². The Kier molecular flexibility index (Phi) is 3.30. The average Bonchev–Trinajstić information content (AvgIpc) is 2.12. The van der Waals surface area contributed by atoms with Crippen LogP contribution in [0.5, 0.6) is 5.75 Å². The average molecular weight is 250 g/mol. The highest BCUT2D eigenvalue weighted by atomic mass is 19.4. The Morgan fingerprint density at radius 2 is 2.12 bits per heavy atom. The molecule has 0 saturated heterocycles. The van der Waals surface area contributed by atoms with Gasteiger partial charge >= 0.3 is 12.0 Å². The third-order valence-corrected chi connectivity index (χ3v) is 1.63. The number of aryl methyl sites for hydroxylation is 1. The van der Waals surface area contributed by atoms with Gasteiger partial charge in [-0.1, -0.05) is 0 Å². The fraction of sp³-hybridized carbons (Fsp3) is 0.250. The van der Waals surface area contributed by atoms with Crippen molar-refractivity contribution in [2.45, 2.75) is 13.3 Å². The summed E-state index contributed by atoms with van der Waals surface area (Å²) in [5.74, 6) is -1.06. The Bertz CT molecular complexity index is 473. The van der Waals surface area contributed by atoms with Crippen LogP contribution in [0.1, 0.15) is 16.2 Å². The summed E-state index contributed by atoms with van der Waals surface area (Å²) < 4.78 is 39.5. The molecule has 0 radical (unpaired) electrons. The van der Waals surface area contributed by atoms with Gasteiger partial charge in [0.15, 0.2) is 12.0 Å². The summed E-state index contributed by atoms with van der Waals surface area (Å²) in [6.07, 6.45) is -5.09. The zero-order valence-corrected chi connectivity index (χ0v) is 8.32. The Labute approximate surface area is 92.2 Å². The first kappa shape index (κ1) is 12.9. The Balaban J connectivity index is 3.41. The van der Waals surface area contributed by atoms with E-state index in [2.05, 4.69) is 9.72 Å². The number of nitrogens with zero attached hydrogens (tertiary/aromatic N) is 2. The van der Waals surface area contributed by atoms with Gasteiger partial charge in [-0.2, -0.15) is 0 Å². The number of aldehydes is 1. The van der Waals surface area contributed by atoms with Crippen molar-refractivity contribution >= 4 is 12.0 Å². The molecule has 0 aliphatic rings. The maximum atomic E-state index is 12.0. The van der Waals surface area contributed by atoms with Gasteiger partial charge in [-0.3, -0.25) is 14.9 Å². The lowest BCUT2D eigenvalue weighted by molar-refractivity contribution is -0.389. The van der Waals surface area contributed by atoms with Crippen molar-refractivity contribution < 1.29 is 27.6 Å². The molecule has 0 saturated carbocycles. The number of hydrogen-bond donors (Lipinski definition) is 0. The predicted octanol–water partition coefficient (Wildman–Crippen LogP) is 2.01. The molecule has 0 aromatic carbocycles. The number of alkyl halides is 3. The van der Waals surface area contributed by atoms with E-state index < -0.39 is 28.4 Å². The first-order valence-corrected chi connectivity index (χ1v) is 4.11. The molecule has 0 bridgehead atoms. The molecule has 92 valence electrons. The highest BCUT2D eigenvalue weighted by Gasteiger charge is 2.36. The number of rotatable bonds is 3. The van der Waals surface area contributed by atoms with E-state index in [1.807, 2.05) is 0 Å². The maximum Gasteiger partial charge on any atom is 0.573 e. The second-order valence-electron chi connectivity index (χ2n) is 2.92. The van der Waals surface area contributed by atoms with Gasteiger partial charge in [0.2, 0.25) is 5.75 Å². The van der Waals surface area contributed by atoms with Crippen LogP contribution in [0.4, 0.5) is 18.9 Å². The molecular weight excluding hydrogens is 245 g/mol. The molecular formula is C8H5F3N2O4. The molecule has 0 fully saturated rings. The summed E-state index contributed by atoms with van der Waals surface area (Å²) in [6.45, 7) is 1.28. The van der Waals surface area contributed by atoms with E-state index in [0.717, 1.165) is 6.07 Å². The van der Waals surface area contributed by atoms with Crippen LogP contribution in [0.2, 0.25) is 0 Å². The lowest BCUT2D eigenvalue weighted by Gasteiger charge is -2.10. The minimum absolute atomic E-state index is 0.00282. The van der Waals surface area contributed by atoms with Gasteiger partial charge in [-0.05, 0) is 6.92 Å². The van der Waals surface area contributed by atoms with Crippen molar-refractivity contribution in [1.82, 2.24) is 4.98 Å². The molecule has 1 rings (SSSR count). The van der Waals surface area contributed by atoms with Crippen LogP contribution in [-0.2, 0) is 0 Å². The van der Waals surface area contributed by atoms with Gasteiger partial charge < -0.3 is 4.74 Å². The third kappa shape index (κ3) is 3.13. The number of halogens is 3. The van der Waals surface area contributed by atoms with Crippen LogP contribution in [-0.4, -0.2) is 22.6 Å². The number of carbonyl (C=O) groups is 1. The largest absolute Gasteiger partial charge is 0.573 e. The van der Waals surface area contributed by atoms with Crippen LogP contribution in [0, 0.1) is 17.0 Å². The van der Waals surface area contributed by atoms with Crippen molar-refractivity contribution in [3.05, 3.63) is 27.6 Å². The van der Waals surface area contributed by atoms with Crippen molar-refractivity contribution in [3.63, 3.8) is 0 Å². The zero-order valence-electron chi connectivity index (χ0n) is 8.32. The fourth-order valence-electron chi connectivity index (χ4n) is 1.13. The first-order chi connectivity index (χ1) is 7.74. The standard InChI is InChI=1S/C8H5F3N2O4/c1-4-2-6(17-8(9,10)11)7(13(15)16)5(3-14)12-4/h2-3H,1H3. The van der Waals surface area contributed by atoms with E-state index in [0.29, 0.717) is 0 Å². The van der Waals surface area contributed by atoms with Gasteiger partial charge in [0.1, 0.15) is 0 Å².